The molecule has 0 aliphatic heterocycles. The van der Waals surface area contributed by atoms with Gasteiger partial charge in [0.25, 0.3) is 0 Å². The topological polar surface area (TPSA) is 134 Å². The van der Waals surface area contributed by atoms with Gasteiger partial charge < -0.3 is 53.8 Å². The van der Waals surface area contributed by atoms with E-state index in [0.29, 0.717) is 5.71 Å². The fourth-order valence-electron chi connectivity index (χ4n) is 18.4. The predicted molar refractivity (Wildman–Crippen MR) is 545 cm³/mol. The molecule has 3 aliphatic carbocycles. The van der Waals surface area contributed by atoms with Gasteiger partial charge in [-0.2, -0.15) is 11.3 Å². The second kappa shape index (κ2) is 45.4. The number of hydrogen-bond donors (Lipinski definition) is 0. The number of benzene rings is 7. The average molecular weight is 2330 g/mol. The molecule has 673 valence electrons. The number of rotatable bonds is 16. The van der Waals surface area contributed by atoms with E-state index < -0.39 is 24.2 Å². The van der Waals surface area contributed by atoms with Crippen LogP contribution in [-0.2, 0) is 79.6 Å². The normalized spacial score (nSPS) is 13.4. The van der Waals surface area contributed by atoms with Crippen LogP contribution in [0.3, 0.4) is 0 Å². The molecule has 18 heteroatoms. The number of pyridine rings is 9. The summed E-state index contributed by atoms with van der Waals surface area (Å²) < 4.78 is 9.38. The first-order valence-corrected chi connectivity index (χ1v) is 57.1. The molecule has 22 rings (SSSR count). The summed E-state index contributed by atoms with van der Waals surface area (Å²) in [5, 5.41) is 11.5. The van der Waals surface area contributed by atoms with Gasteiger partial charge in [-0.3, -0.25) is 0 Å². The van der Waals surface area contributed by atoms with Crippen LogP contribution >= 0.6 is 11.3 Å². The summed E-state index contributed by atoms with van der Waals surface area (Å²) in [7, 11) is -4.36. The second-order valence-electron chi connectivity index (χ2n) is 37.4. The van der Waals surface area contributed by atoms with Crippen molar-refractivity contribution in [1.82, 2.24) is 49.4 Å². The first kappa shape index (κ1) is 97.3. The molecule has 0 spiro atoms. The van der Waals surface area contributed by atoms with E-state index in [-0.39, 0.29) is 60.3 Å². The third kappa shape index (κ3) is 24.1. The minimum Gasteiger partial charge on any atom is -0.483 e. The third-order valence-electron chi connectivity index (χ3n) is 25.0. The van der Waals surface area contributed by atoms with Crippen molar-refractivity contribution in [3.05, 3.63) is 358 Å². The first-order chi connectivity index (χ1) is 62.9. The Bertz CT molecular complexity index is 6460. The quantitative estimate of drug-likeness (QED) is 0.0680. The molecule has 19 aromatic rings. The van der Waals surface area contributed by atoms with E-state index in [4.69, 9.17) is 24.4 Å². The minimum absolute atomic E-state index is 0. The number of aromatic nitrogens is 10. The first-order valence-electron chi connectivity index (χ1n) is 45.8. The fourth-order valence-corrected chi connectivity index (χ4v) is 24.2. The Morgan fingerprint density at radius 1 is 0.333 bits per heavy atom. The summed E-state index contributed by atoms with van der Waals surface area (Å²) in [5.74, 6) is 2.47. The van der Waals surface area contributed by atoms with Crippen molar-refractivity contribution in [2.75, 3.05) is 0 Å². The summed E-state index contributed by atoms with van der Waals surface area (Å²) in [4.78, 5) is 42.4. The van der Waals surface area contributed by atoms with Crippen LogP contribution in [0.4, 0.5) is 0 Å². The SMILES string of the molecule is C[Si](C)(C)c1cnc(-c2[c-]nc3c(c2)c2ccccc2n3-c2ccccc2)cc1CC1CCCC1.C[Si](C)(C)c1cnc(-c2[c-]nc3oc4ccccc4c3c2)cc1CC1CCCC1.C[Si](C)(C)c1cnc(-c2[c-]nc3sc4ccccc4c3c2)cc1CC1CCCC1.[Ir].[Ir].[Ir].[c-]1ccccc1-c1ccccn1.[c-]1ccccc1-c1ccccn1.[c-]1ccccc1-c1ccccn1. The molecule has 3 saturated carbocycles. The van der Waals surface area contributed by atoms with Crippen LogP contribution in [0.1, 0.15) is 93.7 Å². The molecule has 0 unspecified atom stereocenters. The molecule has 0 N–H and O–H groups in total. The van der Waals surface area contributed by atoms with Gasteiger partial charge in [0.1, 0.15) is 11.3 Å². The van der Waals surface area contributed by atoms with Gasteiger partial charge in [-0.1, -0.05) is 291 Å². The fraction of sp³-hybridized carbons (Fsp3) is 0.237. The van der Waals surface area contributed by atoms with Crippen LogP contribution < -0.4 is 15.6 Å². The molecule has 12 heterocycles. The summed E-state index contributed by atoms with van der Waals surface area (Å²) >= 11 is 1.74. The van der Waals surface area contributed by atoms with E-state index in [9.17, 15) is 0 Å². The van der Waals surface area contributed by atoms with Crippen molar-refractivity contribution < 1.29 is 64.7 Å². The number of thiophene rings is 1. The van der Waals surface area contributed by atoms with E-state index in [1.165, 1.54) is 149 Å². The van der Waals surface area contributed by atoms with Crippen molar-refractivity contribution in [2.24, 2.45) is 17.8 Å². The molecule has 0 atom stereocenters. The van der Waals surface area contributed by atoms with Gasteiger partial charge in [0.2, 0.25) is 0 Å². The molecule has 0 amide bonds. The smallest absolute Gasteiger partial charge is 0.141 e. The van der Waals surface area contributed by atoms with Gasteiger partial charge in [0, 0.05) is 124 Å². The number of nitrogens with zero attached hydrogens (tertiary/aromatic N) is 10. The summed E-state index contributed by atoms with van der Waals surface area (Å²) in [6.07, 6.45) is 41.7. The molecule has 3 fully saturated rings. The number of para-hydroxylation sites is 3. The molecule has 3 aliphatic rings. The van der Waals surface area contributed by atoms with E-state index in [0.717, 1.165) is 129 Å². The number of hydrogen-bond acceptors (Lipinski definition) is 11. The zero-order valence-electron chi connectivity index (χ0n) is 76.5. The zero-order valence-corrected chi connectivity index (χ0v) is 87.5. The molecule has 0 bridgehead atoms. The molecular formula is C114H110Ir3N10OSSi3-6. The number of fused-ring (bicyclic) bond motifs is 9. The van der Waals surface area contributed by atoms with Crippen molar-refractivity contribution in [3.8, 4) is 73.2 Å². The maximum absolute atomic E-state index is 5.86. The van der Waals surface area contributed by atoms with Gasteiger partial charge in [0.05, 0.1) is 29.9 Å². The maximum atomic E-state index is 5.86. The van der Waals surface area contributed by atoms with Crippen molar-refractivity contribution in [3.63, 3.8) is 0 Å². The zero-order chi connectivity index (χ0) is 88.7. The minimum atomic E-state index is -1.48. The van der Waals surface area contributed by atoms with Crippen LogP contribution in [0, 0.1) is 54.5 Å². The van der Waals surface area contributed by atoms with Crippen LogP contribution in [-0.4, -0.2) is 73.6 Å². The Morgan fingerprint density at radius 2 is 0.712 bits per heavy atom. The van der Waals surface area contributed by atoms with E-state index >= 15 is 0 Å². The van der Waals surface area contributed by atoms with Gasteiger partial charge in [-0.25, -0.2) is 0 Å². The summed E-state index contributed by atoms with van der Waals surface area (Å²) in [5.41, 5.74) is 21.2. The van der Waals surface area contributed by atoms with Crippen LogP contribution in [0.5, 0.6) is 0 Å². The third-order valence-corrected chi connectivity index (χ3v) is 32.2. The van der Waals surface area contributed by atoms with Crippen LogP contribution in [0.2, 0.25) is 58.9 Å². The Labute approximate surface area is 825 Å². The molecule has 11 nitrogen and oxygen atoms in total. The summed E-state index contributed by atoms with van der Waals surface area (Å²) in [6, 6.07) is 99.7. The molecule has 12 aromatic heterocycles. The largest absolute Gasteiger partial charge is 0.483 e. The Kier molecular flexibility index (Phi) is 33.4. The van der Waals surface area contributed by atoms with E-state index in [1.807, 2.05) is 152 Å². The second-order valence-corrected chi connectivity index (χ2v) is 53.5. The predicted octanol–water partition coefficient (Wildman–Crippen LogP) is 27.7. The standard InChI is InChI=1S/C31H32N3Si.C25H27N2OSi.C25H27N2SSi.3C11H8N.3Ir/c1-35(2,3)30-21-32-28(19-23(30)17-22-11-7-8-12-22)24-18-27-26-15-9-10-16-29(26)34(31(27)33-20-24)25-13-5-4-6-14-25;2*1-29(2,3)24-16-26-22(14-18(24)12-17-8-4-5-9-17)19-13-21-20-10-6-7-11-23(20)28-25(21)27-15-19;3*1-2-6-10(7-3-1)11-8-4-5-9-12-11;;;/h4-6,9-10,13-16,18-19,21-22H,7-8,11-12,17H2,1-3H3;2*6-7,10-11,13-14,16-17H,4-5,8-9,12H2,1-3H3;3*1-6,8-9H;;;/q6*-1;;;. The van der Waals surface area contributed by atoms with Gasteiger partial charge >= 0.3 is 0 Å². The Hall–Kier alpha value is -10.7. The van der Waals surface area contributed by atoms with Gasteiger partial charge in [0.15, 0.2) is 0 Å². The van der Waals surface area contributed by atoms with Crippen molar-refractivity contribution in [1.29, 1.82) is 0 Å². The number of furan rings is 1. The Balaban J connectivity index is 0.000000133. The van der Waals surface area contributed by atoms with E-state index in [1.54, 1.807) is 29.9 Å². The molecular weight excluding hydrogens is 2220 g/mol. The molecule has 132 heavy (non-hydrogen) atoms. The molecule has 0 saturated heterocycles. The van der Waals surface area contributed by atoms with Crippen molar-refractivity contribution >= 4 is 115 Å². The summed E-state index contributed by atoms with van der Waals surface area (Å²) in [6.45, 7) is 21.8. The van der Waals surface area contributed by atoms with Gasteiger partial charge in [-0.15, -0.1) is 143 Å². The van der Waals surface area contributed by atoms with Gasteiger partial charge in [-0.05, 0) is 170 Å². The van der Waals surface area contributed by atoms with Crippen molar-refractivity contribution in [2.45, 2.75) is 155 Å². The Morgan fingerprint density at radius 3 is 1.14 bits per heavy atom. The van der Waals surface area contributed by atoms with Crippen LogP contribution in [0.25, 0.3) is 138 Å². The molecule has 7 aromatic carbocycles. The van der Waals surface area contributed by atoms with Crippen LogP contribution in [0.15, 0.2) is 309 Å². The average Bonchev–Trinajstić information content (AvgIpc) is 1.59. The molecule has 3 radical (unpaired) electrons. The van der Waals surface area contributed by atoms with E-state index in [2.05, 4.69) is 259 Å². The maximum Gasteiger partial charge on any atom is 0.141 e. The monoisotopic (exact) mass is 2330 g/mol.